The van der Waals surface area contributed by atoms with Crippen LogP contribution >= 0.6 is 11.8 Å². The molecule has 0 spiro atoms. The predicted molar refractivity (Wildman–Crippen MR) is 110 cm³/mol. The molecule has 0 fully saturated rings. The molecule has 0 radical (unpaired) electrons. The third-order valence-electron chi connectivity index (χ3n) is 3.69. The van der Waals surface area contributed by atoms with Crippen LogP contribution in [-0.4, -0.2) is 19.1 Å². The van der Waals surface area contributed by atoms with Crippen LogP contribution in [0.15, 0.2) is 59.5 Å². The van der Waals surface area contributed by atoms with Crippen molar-refractivity contribution in [3.05, 3.63) is 60.2 Å². The smallest absolute Gasteiger partial charge is 0.311 e. The number of carbonyl (C=O) groups excluding carboxylic acids is 1. The summed E-state index contributed by atoms with van der Waals surface area (Å²) in [6.45, 7) is 8.36. The summed E-state index contributed by atoms with van der Waals surface area (Å²) < 4.78 is 5.41. The van der Waals surface area contributed by atoms with Gasteiger partial charge in [-0.15, -0.1) is 11.8 Å². The van der Waals surface area contributed by atoms with Crippen LogP contribution < -0.4 is 10.1 Å². The van der Waals surface area contributed by atoms with Crippen LogP contribution in [0.4, 0.5) is 0 Å². The SMILES string of the molecule is CC(C)(C)CNCCCC(=O)Oc1ccc(CSc2ccccc2)cc1. The Labute approximate surface area is 161 Å². The molecule has 0 aliphatic carbocycles. The molecule has 4 heteroatoms. The fourth-order valence-corrected chi connectivity index (χ4v) is 3.22. The maximum Gasteiger partial charge on any atom is 0.311 e. The zero-order chi connectivity index (χ0) is 18.8. The van der Waals surface area contributed by atoms with Gasteiger partial charge >= 0.3 is 5.97 Å². The number of carbonyl (C=O) groups is 1. The minimum absolute atomic E-state index is 0.172. The molecular weight excluding hydrogens is 342 g/mol. The Balaban J connectivity index is 1.67. The third-order valence-corrected chi connectivity index (χ3v) is 4.78. The maximum absolute atomic E-state index is 11.9. The van der Waals surface area contributed by atoms with Gasteiger partial charge in [-0.1, -0.05) is 51.1 Å². The summed E-state index contributed by atoms with van der Waals surface area (Å²) in [4.78, 5) is 13.2. The van der Waals surface area contributed by atoms with Crippen molar-refractivity contribution >= 4 is 17.7 Å². The molecule has 0 amide bonds. The van der Waals surface area contributed by atoms with Gasteiger partial charge in [0.1, 0.15) is 5.75 Å². The van der Waals surface area contributed by atoms with E-state index in [1.165, 1.54) is 10.5 Å². The van der Waals surface area contributed by atoms with Crippen LogP contribution in [0.5, 0.6) is 5.75 Å². The van der Waals surface area contributed by atoms with Crippen LogP contribution in [0, 0.1) is 5.41 Å². The summed E-state index contributed by atoms with van der Waals surface area (Å²) in [5, 5.41) is 3.37. The number of thioether (sulfide) groups is 1. The van der Waals surface area contributed by atoms with Crippen LogP contribution in [0.3, 0.4) is 0 Å². The highest BCUT2D eigenvalue weighted by Crippen LogP contribution is 2.23. The molecule has 0 unspecified atom stereocenters. The average Bonchev–Trinajstić information content (AvgIpc) is 2.61. The van der Waals surface area contributed by atoms with E-state index in [9.17, 15) is 4.79 Å². The zero-order valence-electron chi connectivity index (χ0n) is 16.0. The Hall–Kier alpha value is -1.78. The van der Waals surface area contributed by atoms with Crippen molar-refractivity contribution in [1.82, 2.24) is 5.32 Å². The number of hydrogen-bond acceptors (Lipinski definition) is 4. The Morgan fingerprint density at radius 1 is 1.04 bits per heavy atom. The van der Waals surface area contributed by atoms with E-state index in [0.717, 1.165) is 25.3 Å². The van der Waals surface area contributed by atoms with Gasteiger partial charge in [0.05, 0.1) is 0 Å². The van der Waals surface area contributed by atoms with Gasteiger partial charge in [0.2, 0.25) is 0 Å². The third kappa shape index (κ3) is 8.54. The van der Waals surface area contributed by atoms with Crippen molar-refractivity contribution in [1.29, 1.82) is 0 Å². The Bertz CT molecular complexity index is 663. The highest BCUT2D eigenvalue weighted by atomic mass is 32.2. The van der Waals surface area contributed by atoms with E-state index in [1.54, 1.807) is 11.8 Å². The summed E-state index contributed by atoms with van der Waals surface area (Å²) in [6, 6.07) is 18.1. The van der Waals surface area contributed by atoms with E-state index in [2.05, 4.69) is 38.2 Å². The van der Waals surface area contributed by atoms with Gasteiger partial charge in [-0.2, -0.15) is 0 Å². The first-order valence-corrected chi connectivity index (χ1v) is 10.1. The highest BCUT2D eigenvalue weighted by Gasteiger charge is 2.09. The van der Waals surface area contributed by atoms with Crippen LogP contribution in [0.25, 0.3) is 0 Å². The second kappa shape index (κ2) is 10.4. The first-order chi connectivity index (χ1) is 12.4. The molecule has 0 bridgehead atoms. The molecule has 140 valence electrons. The number of hydrogen-bond donors (Lipinski definition) is 1. The molecule has 0 aliphatic rings. The van der Waals surface area contributed by atoms with Gasteiger partial charge in [-0.05, 0) is 54.8 Å². The lowest BCUT2D eigenvalue weighted by atomic mass is 9.97. The second-order valence-corrected chi connectivity index (χ2v) is 8.61. The lowest BCUT2D eigenvalue weighted by Gasteiger charge is -2.18. The molecule has 0 aromatic heterocycles. The Morgan fingerprint density at radius 3 is 2.38 bits per heavy atom. The number of esters is 1. The number of ether oxygens (including phenoxy) is 1. The first-order valence-electron chi connectivity index (χ1n) is 9.10. The normalized spacial score (nSPS) is 11.3. The largest absolute Gasteiger partial charge is 0.427 e. The quantitative estimate of drug-likeness (QED) is 0.281. The van der Waals surface area contributed by atoms with E-state index in [0.29, 0.717) is 12.2 Å². The zero-order valence-corrected chi connectivity index (χ0v) is 16.8. The minimum atomic E-state index is -0.172. The molecule has 2 aromatic carbocycles. The fraction of sp³-hybridized carbons (Fsp3) is 0.409. The molecule has 26 heavy (non-hydrogen) atoms. The van der Waals surface area contributed by atoms with Crippen molar-refractivity contribution in [3.8, 4) is 5.75 Å². The average molecular weight is 372 g/mol. The molecule has 0 saturated carbocycles. The van der Waals surface area contributed by atoms with E-state index in [1.807, 2.05) is 42.5 Å². The monoisotopic (exact) mass is 371 g/mol. The number of benzene rings is 2. The van der Waals surface area contributed by atoms with Gasteiger partial charge in [-0.3, -0.25) is 4.79 Å². The van der Waals surface area contributed by atoms with Gasteiger partial charge in [0.15, 0.2) is 0 Å². The van der Waals surface area contributed by atoms with Crippen molar-refractivity contribution in [2.75, 3.05) is 13.1 Å². The molecule has 0 saturated heterocycles. The lowest BCUT2D eigenvalue weighted by Crippen LogP contribution is -2.28. The first kappa shape index (κ1) is 20.5. The number of nitrogens with one attached hydrogen (secondary N) is 1. The van der Waals surface area contributed by atoms with Crippen molar-refractivity contribution in [3.63, 3.8) is 0 Å². The van der Waals surface area contributed by atoms with Crippen molar-refractivity contribution in [2.24, 2.45) is 5.41 Å². The van der Waals surface area contributed by atoms with E-state index in [4.69, 9.17) is 4.74 Å². The minimum Gasteiger partial charge on any atom is -0.427 e. The summed E-state index contributed by atoms with van der Waals surface area (Å²) in [6.07, 6.45) is 1.23. The van der Waals surface area contributed by atoms with E-state index < -0.39 is 0 Å². The topological polar surface area (TPSA) is 38.3 Å². The van der Waals surface area contributed by atoms with Crippen LogP contribution in [0.1, 0.15) is 39.2 Å². The number of rotatable bonds is 9. The van der Waals surface area contributed by atoms with Gasteiger partial charge < -0.3 is 10.1 Å². The van der Waals surface area contributed by atoms with Crippen molar-refractivity contribution in [2.45, 2.75) is 44.3 Å². The Kier molecular flexibility index (Phi) is 8.20. The van der Waals surface area contributed by atoms with Crippen molar-refractivity contribution < 1.29 is 9.53 Å². The summed E-state index contributed by atoms with van der Waals surface area (Å²) in [5.41, 5.74) is 1.48. The maximum atomic E-state index is 11.9. The fourth-order valence-electron chi connectivity index (χ4n) is 2.34. The van der Waals surface area contributed by atoms with Gasteiger partial charge in [0, 0.05) is 17.1 Å². The highest BCUT2D eigenvalue weighted by molar-refractivity contribution is 7.98. The second-order valence-electron chi connectivity index (χ2n) is 7.56. The van der Waals surface area contributed by atoms with Gasteiger partial charge in [-0.25, -0.2) is 0 Å². The summed E-state index contributed by atoms with van der Waals surface area (Å²) in [7, 11) is 0. The Morgan fingerprint density at radius 2 is 1.73 bits per heavy atom. The molecule has 1 N–H and O–H groups in total. The summed E-state index contributed by atoms with van der Waals surface area (Å²) >= 11 is 1.80. The molecule has 2 aromatic rings. The van der Waals surface area contributed by atoms with E-state index in [-0.39, 0.29) is 11.4 Å². The van der Waals surface area contributed by atoms with E-state index >= 15 is 0 Å². The molecule has 0 aliphatic heterocycles. The molecular formula is C22H29NO2S. The lowest BCUT2D eigenvalue weighted by molar-refractivity contribution is -0.134. The predicted octanol–water partition coefficient (Wildman–Crippen LogP) is 5.30. The van der Waals surface area contributed by atoms with Crippen LogP contribution in [0.2, 0.25) is 0 Å². The molecule has 2 rings (SSSR count). The van der Waals surface area contributed by atoms with Gasteiger partial charge in [0.25, 0.3) is 0 Å². The molecule has 0 atom stereocenters. The molecule has 3 nitrogen and oxygen atoms in total. The van der Waals surface area contributed by atoms with Crippen LogP contribution in [-0.2, 0) is 10.5 Å². The standard InChI is InChI=1S/C22H29NO2S/c1-22(2,3)17-23-15-7-10-21(24)25-19-13-11-18(12-14-19)16-26-20-8-5-4-6-9-20/h4-6,8-9,11-14,23H,7,10,15-17H2,1-3H3. The summed E-state index contributed by atoms with van der Waals surface area (Å²) in [5.74, 6) is 1.35. The molecule has 0 heterocycles.